The number of likely N-dealkylation sites (tertiary alicyclic amines) is 1. The summed E-state index contributed by atoms with van der Waals surface area (Å²) < 4.78 is 5.68. The van der Waals surface area contributed by atoms with E-state index in [2.05, 4.69) is 24.3 Å². The van der Waals surface area contributed by atoms with Crippen LogP contribution in [0.25, 0.3) is 11.0 Å². The number of rotatable bonds is 2. The van der Waals surface area contributed by atoms with Crippen LogP contribution in [0.5, 0.6) is 0 Å². The summed E-state index contributed by atoms with van der Waals surface area (Å²) in [6.07, 6.45) is 1.02. The fourth-order valence-electron chi connectivity index (χ4n) is 2.83. The number of urea groups is 1. The normalized spacial score (nSPS) is 18.7. The van der Waals surface area contributed by atoms with Gasteiger partial charge in [0.05, 0.1) is 5.69 Å². The second-order valence-corrected chi connectivity index (χ2v) is 5.86. The number of carbonyl (C=O) groups excluding carboxylic acids is 1. The van der Waals surface area contributed by atoms with Gasteiger partial charge in [0.15, 0.2) is 5.58 Å². The van der Waals surface area contributed by atoms with Gasteiger partial charge >= 0.3 is 6.03 Å². The van der Waals surface area contributed by atoms with E-state index in [4.69, 9.17) is 4.42 Å². The summed E-state index contributed by atoms with van der Waals surface area (Å²) in [5, 5.41) is 3.99. The first-order valence-electron chi connectivity index (χ1n) is 7.26. The largest absolute Gasteiger partial charge is 0.459 e. The smallest absolute Gasteiger partial charge is 0.322 e. The van der Waals surface area contributed by atoms with Crippen LogP contribution >= 0.6 is 0 Å². The third kappa shape index (κ3) is 2.74. The maximum Gasteiger partial charge on any atom is 0.322 e. The molecule has 0 bridgehead atoms. The van der Waals surface area contributed by atoms with E-state index in [1.165, 1.54) is 0 Å². The van der Waals surface area contributed by atoms with Crippen molar-refractivity contribution in [3.8, 4) is 0 Å². The lowest BCUT2D eigenvalue weighted by molar-refractivity contribution is 0.216. The summed E-state index contributed by atoms with van der Waals surface area (Å²) in [4.78, 5) is 16.4. The standard InChI is InChI=1S/C16H21N3O2/c1-11-9-12-5-4-6-14(15(12)21-11)17-16(20)19-8-7-13(10-19)18(2)3/h4-6,9,13H,7-8,10H2,1-3H3,(H,17,20)/t13-/m1/s1. The van der Waals surface area contributed by atoms with E-state index >= 15 is 0 Å². The first kappa shape index (κ1) is 13.9. The third-order valence-corrected chi connectivity index (χ3v) is 4.09. The molecule has 0 radical (unpaired) electrons. The van der Waals surface area contributed by atoms with Crippen molar-refractivity contribution < 1.29 is 9.21 Å². The Morgan fingerprint density at radius 3 is 2.95 bits per heavy atom. The monoisotopic (exact) mass is 287 g/mol. The summed E-state index contributed by atoms with van der Waals surface area (Å²) in [7, 11) is 4.11. The molecule has 1 aliphatic rings. The molecule has 0 saturated carbocycles. The Labute approximate surface area is 124 Å². The van der Waals surface area contributed by atoms with Crippen LogP contribution in [0.1, 0.15) is 12.2 Å². The molecule has 1 N–H and O–H groups in total. The van der Waals surface area contributed by atoms with Crippen molar-refractivity contribution in [2.45, 2.75) is 19.4 Å². The second kappa shape index (κ2) is 5.41. The molecular formula is C16H21N3O2. The number of furan rings is 1. The zero-order chi connectivity index (χ0) is 15.0. The van der Waals surface area contributed by atoms with Gasteiger partial charge in [0, 0.05) is 24.5 Å². The molecule has 1 aliphatic heterocycles. The van der Waals surface area contributed by atoms with Crippen LogP contribution < -0.4 is 5.32 Å². The first-order chi connectivity index (χ1) is 10.0. The van der Waals surface area contributed by atoms with Gasteiger partial charge in [-0.25, -0.2) is 4.79 Å². The number of hydrogen-bond donors (Lipinski definition) is 1. The average Bonchev–Trinajstić information content (AvgIpc) is 3.04. The van der Waals surface area contributed by atoms with E-state index in [1.54, 1.807) is 0 Å². The summed E-state index contributed by atoms with van der Waals surface area (Å²) in [5.74, 6) is 0.848. The number of para-hydroxylation sites is 1. The van der Waals surface area contributed by atoms with Gasteiger partial charge in [-0.1, -0.05) is 12.1 Å². The van der Waals surface area contributed by atoms with E-state index in [0.717, 1.165) is 41.9 Å². The van der Waals surface area contributed by atoms with E-state index < -0.39 is 0 Å². The molecule has 2 aromatic rings. The maximum absolute atomic E-state index is 12.4. The highest BCUT2D eigenvalue weighted by Crippen LogP contribution is 2.27. The van der Waals surface area contributed by atoms with Crippen molar-refractivity contribution in [1.29, 1.82) is 0 Å². The molecule has 2 amide bonds. The lowest BCUT2D eigenvalue weighted by Crippen LogP contribution is -2.36. The van der Waals surface area contributed by atoms with Gasteiger partial charge in [-0.3, -0.25) is 0 Å². The van der Waals surface area contributed by atoms with Crippen LogP contribution in [0.2, 0.25) is 0 Å². The van der Waals surface area contributed by atoms with E-state index in [1.807, 2.05) is 36.1 Å². The summed E-state index contributed by atoms with van der Waals surface area (Å²) in [6.45, 7) is 3.47. The highest BCUT2D eigenvalue weighted by molar-refractivity contribution is 5.99. The number of aryl methyl sites for hydroxylation is 1. The van der Waals surface area contributed by atoms with Crippen LogP contribution in [0, 0.1) is 6.92 Å². The van der Waals surface area contributed by atoms with E-state index in [0.29, 0.717) is 6.04 Å². The quantitative estimate of drug-likeness (QED) is 0.924. The molecule has 1 aromatic heterocycles. The van der Waals surface area contributed by atoms with Gasteiger partial charge in [0.25, 0.3) is 0 Å². The van der Waals surface area contributed by atoms with Crippen molar-refractivity contribution in [2.75, 3.05) is 32.5 Å². The van der Waals surface area contributed by atoms with Gasteiger partial charge in [0.2, 0.25) is 0 Å². The van der Waals surface area contributed by atoms with Crippen molar-refractivity contribution in [1.82, 2.24) is 9.80 Å². The van der Waals surface area contributed by atoms with Crippen molar-refractivity contribution in [3.05, 3.63) is 30.0 Å². The van der Waals surface area contributed by atoms with Crippen molar-refractivity contribution >= 4 is 22.7 Å². The van der Waals surface area contributed by atoms with Crippen LogP contribution in [0.3, 0.4) is 0 Å². The Hall–Kier alpha value is -2.01. The lowest BCUT2D eigenvalue weighted by atomic mass is 10.2. The Kier molecular flexibility index (Phi) is 3.59. The van der Waals surface area contributed by atoms with Crippen molar-refractivity contribution in [2.24, 2.45) is 0 Å². The molecule has 0 unspecified atom stereocenters. The molecule has 21 heavy (non-hydrogen) atoms. The van der Waals surface area contributed by atoms with Gasteiger partial charge in [-0.05, 0) is 39.6 Å². The predicted octanol–water partition coefficient (Wildman–Crippen LogP) is 2.91. The first-order valence-corrected chi connectivity index (χ1v) is 7.26. The summed E-state index contributed by atoms with van der Waals surface area (Å²) in [6, 6.07) is 8.16. The van der Waals surface area contributed by atoms with Crippen LogP contribution in [-0.4, -0.2) is 49.1 Å². The molecule has 1 atom stereocenters. The summed E-state index contributed by atoms with van der Waals surface area (Å²) >= 11 is 0. The number of nitrogens with zero attached hydrogens (tertiary/aromatic N) is 2. The Balaban J connectivity index is 1.75. The minimum absolute atomic E-state index is 0.0547. The molecule has 2 heterocycles. The molecule has 3 rings (SSSR count). The predicted molar refractivity (Wildman–Crippen MR) is 83.6 cm³/mol. The van der Waals surface area contributed by atoms with Crippen LogP contribution in [0.4, 0.5) is 10.5 Å². The minimum Gasteiger partial charge on any atom is -0.459 e. The third-order valence-electron chi connectivity index (χ3n) is 4.09. The molecular weight excluding hydrogens is 266 g/mol. The molecule has 1 aromatic carbocycles. The average molecular weight is 287 g/mol. The molecule has 112 valence electrons. The van der Waals surface area contributed by atoms with Crippen molar-refractivity contribution in [3.63, 3.8) is 0 Å². The SMILES string of the molecule is Cc1cc2cccc(NC(=O)N3CC[C@@H](N(C)C)C3)c2o1. The highest BCUT2D eigenvalue weighted by atomic mass is 16.3. The number of likely N-dealkylation sites (N-methyl/N-ethyl adjacent to an activating group) is 1. The Morgan fingerprint density at radius 2 is 2.24 bits per heavy atom. The number of fused-ring (bicyclic) bond motifs is 1. The number of nitrogens with one attached hydrogen (secondary N) is 1. The number of hydrogen-bond acceptors (Lipinski definition) is 3. The van der Waals surface area contributed by atoms with Crippen LogP contribution in [0.15, 0.2) is 28.7 Å². The van der Waals surface area contributed by atoms with Gasteiger partial charge < -0.3 is 19.5 Å². The number of carbonyl (C=O) groups is 1. The fourth-order valence-corrected chi connectivity index (χ4v) is 2.83. The highest BCUT2D eigenvalue weighted by Gasteiger charge is 2.27. The summed E-state index contributed by atoms with van der Waals surface area (Å²) in [5.41, 5.74) is 1.48. The minimum atomic E-state index is -0.0547. The molecule has 1 saturated heterocycles. The number of anilines is 1. The van der Waals surface area contributed by atoms with Gasteiger partial charge in [-0.15, -0.1) is 0 Å². The second-order valence-electron chi connectivity index (χ2n) is 5.86. The molecule has 0 spiro atoms. The molecule has 0 aliphatic carbocycles. The van der Waals surface area contributed by atoms with Crippen LogP contribution in [-0.2, 0) is 0 Å². The molecule has 1 fully saturated rings. The maximum atomic E-state index is 12.4. The van der Waals surface area contributed by atoms with Gasteiger partial charge in [0.1, 0.15) is 5.76 Å². The Morgan fingerprint density at radius 1 is 1.43 bits per heavy atom. The zero-order valence-electron chi connectivity index (χ0n) is 12.7. The molecule has 5 heteroatoms. The number of amides is 2. The fraction of sp³-hybridized carbons (Fsp3) is 0.438. The topological polar surface area (TPSA) is 48.7 Å². The van der Waals surface area contributed by atoms with E-state index in [9.17, 15) is 4.79 Å². The van der Waals surface area contributed by atoms with E-state index in [-0.39, 0.29) is 6.03 Å². The number of benzene rings is 1. The van der Waals surface area contributed by atoms with Gasteiger partial charge in [-0.2, -0.15) is 0 Å². The Bertz CT molecular complexity index is 663. The lowest BCUT2D eigenvalue weighted by Gasteiger charge is -2.20. The molecule has 5 nitrogen and oxygen atoms in total. The zero-order valence-corrected chi connectivity index (χ0v) is 12.7.